The minimum absolute atomic E-state index is 0.229. The molecule has 0 spiro atoms. The molecule has 1 aliphatic carbocycles. The number of hydrogen-bond acceptors (Lipinski definition) is 14. The molecule has 1 aliphatic rings. The van der Waals surface area contributed by atoms with Gasteiger partial charge < -0.3 is 55.1 Å². The van der Waals surface area contributed by atoms with Crippen molar-refractivity contribution in [2.45, 2.75) is 62.1 Å². The van der Waals surface area contributed by atoms with Crippen molar-refractivity contribution in [2.75, 3.05) is 0 Å². The van der Waals surface area contributed by atoms with Gasteiger partial charge in [0.2, 0.25) is 0 Å². The van der Waals surface area contributed by atoms with Gasteiger partial charge in [0.15, 0.2) is 34.7 Å². The van der Waals surface area contributed by atoms with E-state index in [0.717, 1.165) is 55.5 Å². The van der Waals surface area contributed by atoms with Gasteiger partial charge in [-0.15, -0.1) is 0 Å². The van der Waals surface area contributed by atoms with E-state index in [9.17, 15) is 59.7 Å². The first-order valence-corrected chi connectivity index (χ1v) is 13.8. The van der Waals surface area contributed by atoms with Gasteiger partial charge in [0.25, 0.3) is 0 Å². The normalized spacial score (nSPS) is 22.3. The summed E-state index contributed by atoms with van der Waals surface area (Å²) in [6.45, 7) is 1.04. The van der Waals surface area contributed by atoms with Gasteiger partial charge in [-0.3, -0.25) is 9.59 Å². The standard InChI is InChI=1S/C31H32O16/c1-30(43,14-24(36)37)15-27(40)47-28-22(45-25(38)8-4-16-2-6-18(32)20(34)10-16)12-31(44,29(41)42)13-23(28)46-26(39)9-5-17-3-7-19(33)21(35)11-17/h2-11,22-23,28,32-35,43-44H,12-15H2,1H3,(H,36,37)(H,41,42)/b8-4+,9-5+/t22-,23?,28?,30?,31?/m1/s1. The van der Waals surface area contributed by atoms with Crippen LogP contribution in [0.1, 0.15) is 43.7 Å². The van der Waals surface area contributed by atoms with E-state index in [0.29, 0.717) is 0 Å². The van der Waals surface area contributed by atoms with Gasteiger partial charge in [-0.1, -0.05) is 12.1 Å². The summed E-state index contributed by atoms with van der Waals surface area (Å²) in [6, 6.07) is 7.16. The number of benzene rings is 2. The summed E-state index contributed by atoms with van der Waals surface area (Å²) in [6.07, 6.45) is -4.81. The maximum atomic E-state index is 12.9. The summed E-state index contributed by atoms with van der Waals surface area (Å²) in [5.74, 6) is -8.63. The Balaban J connectivity index is 1.92. The number of carbonyl (C=O) groups is 5. The Bertz CT molecular complexity index is 1500. The second-order valence-electron chi connectivity index (χ2n) is 11.1. The molecule has 16 heteroatoms. The van der Waals surface area contributed by atoms with Gasteiger partial charge in [-0.25, -0.2) is 14.4 Å². The number of phenolic OH excluding ortho intramolecular Hbond substituents is 4. The van der Waals surface area contributed by atoms with Gasteiger partial charge in [0.05, 0.1) is 18.4 Å². The van der Waals surface area contributed by atoms with Crippen LogP contribution in [0.5, 0.6) is 23.0 Å². The van der Waals surface area contributed by atoms with Crippen molar-refractivity contribution in [3.63, 3.8) is 0 Å². The molecule has 2 aromatic rings. The van der Waals surface area contributed by atoms with E-state index in [1.165, 1.54) is 12.1 Å². The Labute approximate surface area is 266 Å². The average molecular weight is 661 g/mol. The average Bonchev–Trinajstić information content (AvgIpc) is 2.95. The highest BCUT2D eigenvalue weighted by Gasteiger charge is 2.54. The number of ether oxygens (including phenoxy) is 3. The Morgan fingerprint density at radius 3 is 1.60 bits per heavy atom. The van der Waals surface area contributed by atoms with E-state index in [4.69, 9.17) is 19.3 Å². The van der Waals surface area contributed by atoms with Crippen molar-refractivity contribution in [2.24, 2.45) is 0 Å². The van der Waals surface area contributed by atoms with E-state index in [1.54, 1.807) is 0 Å². The van der Waals surface area contributed by atoms with Crippen molar-refractivity contribution >= 4 is 42.0 Å². The van der Waals surface area contributed by atoms with E-state index < -0.39 is 108 Å². The second kappa shape index (κ2) is 14.7. The third-order valence-electron chi connectivity index (χ3n) is 6.89. The largest absolute Gasteiger partial charge is 0.504 e. The molecule has 0 aromatic heterocycles. The Morgan fingerprint density at radius 1 is 0.766 bits per heavy atom. The minimum Gasteiger partial charge on any atom is -0.504 e. The molecule has 1 saturated carbocycles. The van der Waals surface area contributed by atoms with E-state index in [-0.39, 0.29) is 11.1 Å². The van der Waals surface area contributed by atoms with Crippen LogP contribution >= 0.6 is 0 Å². The SMILES string of the molecule is CC(O)(CC(=O)O)CC(=O)OC1C(OC(=O)/C=C/c2ccc(O)c(O)c2)CC(O)(C(=O)O)C[C@H]1OC(=O)/C=C/c1ccc(O)c(O)c1. The van der Waals surface area contributed by atoms with Crippen molar-refractivity contribution in [1.82, 2.24) is 0 Å². The van der Waals surface area contributed by atoms with Crippen LogP contribution in [-0.4, -0.2) is 100 Å². The van der Waals surface area contributed by atoms with Crippen molar-refractivity contribution in [1.29, 1.82) is 0 Å². The summed E-state index contributed by atoms with van der Waals surface area (Å²) in [7, 11) is 0. The molecule has 5 atom stereocenters. The molecule has 2 aromatic carbocycles. The zero-order valence-electron chi connectivity index (χ0n) is 24.7. The number of aromatic hydroxyl groups is 4. The van der Waals surface area contributed by atoms with Crippen LogP contribution in [0.4, 0.5) is 0 Å². The molecule has 4 unspecified atom stereocenters. The number of carboxylic acids is 2. The lowest BCUT2D eigenvalue weighted by Crippen LogP contribution is -2.59. The van der Waals surface area contributed by atoms with Gasteiger partial charge in [0, 0.05) is 25.0 Å². The van der Waals surface area contributed by atoms with Gasteiger partial charge in [-0.05, 0) is 54.5 Å². The van der Waals surface area contributed by atoms with Crippen LogP contribution in [0.15, 0.2) is 48.6 Å². The van der Waals surface area contributed by atoms with Crippen LogP contribution in [0, 0.1) is 0 Å². The van der Waals surface area contributed by atoms with Crippen LogP contribution in [0.25, 0.3) is 12.2 Å². The zero-order chi connectivity index (χ0) is 35.1. The summed E-state index contributed by atoms with van der Waals surface area (Å²) >= 11 is 0. The predicted molar refractivity (Wildman–Crippen MR) is 157 cm³/mol. The molecule has 0 saturated heterocycles. The van der Waals surface area contributed by atoms with Crippen molar-refractivity contribution in [3.05, 3.63) is 59.7 Å². The first-order valence-electron chi connectivity index (χ1n) is 13.8. The Hall–Kier alpha value is -5.61. The van der Waals surface area contributed by atoms with Crippen LogP contribution in [0.3, 0.4) is 0 Å². The third kappa shape index (κ3) is 10.2. The summed E-state index contributed by atoms with van der Waals surface area (Å²) in [5.41, 5.74) is -4.32. The smallest absolute Gasteiger partial charge is 0.335 e. The van der Waals surface area contributed by atoms with E-state index in [1.807, 2.05) is 0 Å². The minimum atomic E-state index is -2.67. The molecule has 0 radical (unpaired) electrons. The highest BCUT2D eigenvalue weighted by molar-refractivity contribution is 5.88. The quantitative estimate of drug-likeness (QED) is 0.0687. The molecule has 0 bridgehead atoms. The fraction of sp³-hybridized carbons (Fsp3) is 0.323. The van der Waals surface area contributed by atoms with Crippen LogP contribution < -0.4 is 0 Å². The summed E-state index contributed by atoms with van der Waals surface area (Å²) in [5, 5.41) is 78.3. The monoisotopic (exact) mass is 660 g/mol. The molecule has 8 N–H and O–H groups in total. The maximum absolute atomic E-state index is 12.9. The van der Waals surface area contributed by atoms with Crippen LogP contribution in [-0.2, 0) is 38.2 Å². The lowest BCUT2D eigenvalue weighted by Gasteiger charge is -2.42. The second-order valence-corrected chi connectivity index (χ2v) is 11.1. The number of esters is 3. The first-order chi connectivity index (χ1) is 21.9. The molecule has 252 valence electrons. The lowest BCUT2D eigenvalue weighted by molar-refractivity contribution is -0.214. The molecule has 0 heterocycles. The highest BCUT2D eigenvalue weighted by Crippen LogP contribution is 2.36. The van der Waals surface area contributed by atoms with Gasteiger partial charge >= 0.3 is 29.8 Å². The van der Waals surface area contributed by atoms with Gasteiger partial charge in [0.1, 0.15) is 12.2 Å². The van der Waals surface area contributed by atoms with Crippen LogP contribution in [0.2, 0.25) is 0 Å². The fourth-order valence-electron chi connectivity index (χ4n) is 4.65. The van der Waals surface area contributed by atoms with Gasteiger partial charge in [-0.2, -0.15) is 0 Å². The first kappa shape index (κ1) is 35.9. The zero-order valence-corrected chi connectivity index (χ0v) is 24.7. The number of carboxylic acid groups (broad SMARTS) is 2. The lowest BCUT2D eigenvalue weighted by atomic mass is 9.79. The fourth-order valence-corrected chi connectivity index (χ4v) is 4.65. The molecular formula is C31H32O16. The molecule has 0 amide bonds. The molecule has 47 heavy (non-hydrogen) atoms. The number of carbonyl (C=O) groups excluding carboxylic acids is 3. The number of rotatable bonds is 12. The summed E-state index contributed by atoms with van der Waals surface area (Å²) in [4.78, 5) is 61.6. The Kier molecular flexibility index (Phi) is 11.2. The predicted octanol–water partition coefficient (Wildman–Crippen LogP) is 1.20. The maximum Gasteiger partial charge on any atom is 0.335 e. The topological polar surface area (TPSA) is 275 Å². The molecule has 1 fully saturated rings. The summed E-state index contributed by atoms with van der Waals surface area (Å²) < 4.78 is 16.0. The molecule has 0 aliphatic heterocycles. The van der Waals surface area contributed by atoms with E-state index >= 15 is 0 Å². The van der Waals surface area contributed by atoms with Crippen molar-refractivity contribution < 1.29 is 79.0 Å². The van der Waals surface area contributed by atoms with E-state index in [2.05, 4.69) is 0 Å². The number of hydrogen-bond donors (Lipinski definition) is 8. The molecular weight excluding hydrogens is 628 g/mol. The highest BCUT2D eigenvalue weighted by atomic mass is 16.6. The number of aliphatic carboxylic acids is 2. The number of aliphatic hydroxyl groups is 2. The molecule has 16 nitrogen and oxygen atoms in total. The molecule has 3 rings (SSSR count). The Morgan fingerprint density at radius 2 is 1.21 bits per heavy atom. The number of phenols is 4. The third-order valence-corrected chi connectivity index (χ3v) is 6.89. The van der Waals surface area contributed by atoms with Crippen molar-refractivity contribution in [3.8, 4) is 23.0 Å².